The zero-order valence-electron chi connectivity index (χ0n) is 11.1. The number of carbonyl (C=O) groups is 1. The van der Waals surface area contributed by atoms with Crippen LogP contribution in [0.2, 0.25) is 4.34 Å². The van der Waals surface area contributed by atoms with E-state index in [1.807, 2.05) is 19.1 Å². The molecule has 0 bridgehead atoms. The van der Waals surface area contributed by atoms with Crippen LogP contribution in [-0.2, 0) is 11.3 Å². The van der Waals surface area contributed by atoms with Crippen LogP contribution >= 0.6 is 34.7 Å². The second-order valence-corrected chi connectivity index (χ2v) is 7.24. The van der Waals surface area contributed by atoms with Gasteiger partial charge in [-0.1, -0.05) is 16.8 Å². The van der Waals surface area contributed by atoms with E-state index in [4.69, 9.17) is 16.1 Å². The molecule has 0 unspecified atom stereocenters. The molecule has 0 spiro atoms. The third-order valence-electron chi connectivity index (χ3n) is 2.44. The van der Waals surface area contributed by atoms with Crippen LogP contribution in [0.4, 0.5) is 0 Å². The quantitative estimate of drug-likeness (QED) is 0.880. The fourth-order valence-electron chi connectivity index (χ4n) is 1.43. The molecule has 0 aliphatic rings. The average molecular weight is 332 g/mol. The minimum atomic E-state index is -0.0254. The van der Waals surface area contributed by atoms with Gasteiger partial charge in [-0.2, -0.15) is 4.98 Å². The Labute approximate surface area is 130 Å². The number of thioether (sulfide) groups is 1. The maximum absolute atomic E-state index is 11.7. The highest BCUT2D eigenvalue weighted by Gasteiger charge is 2.15. The van der Waals surface area contributed by atoms with Gasteiger partial charge in [0.05, 0.1) is 21.9 Å². The Morgan fingerprint density at radius 1 is 1.60 bits per heavy atom. The Bertz CT molecular complexity index is 585. The van der Waals surface area contributed by atoms with E-state index >= 15 is 0 Å². The van der Waals surface area contributed by atoms with Gasteiger partial charge in [-0.25, -0.2) is 0 Å². The van der Waals surface area contributed by atoms with Gasteiger partial charge in [0.2, 0.25) is 11.8 Å². The first-order valence-corrected chi connectivity index (χ1v) is 8.21. The molecular formula is C12H14ClN3O2S2. The van der Waals surface area contributed by atoms with Crippen LogP contribution in [0.3, 0.4) is 0 Å². The van der Waals surface area contributed by atoms with Crippen LogP contribution < -0.4 is 5.32 Å². The molecule has 20 heavy (non-hydrogen) atoms. The lowest BCUT2D eigenvalue weighted by atomic mass is 10.4. The summed E-state index contributed by atoms with van der Waals surface area (Å²) in [5.74, 6) is 1.47. The summed E-state index contributed by atoms with van der Waals surface area (Å²) in [5.41, 5.74) is 0. The Kier molecular flexibility index (Phi) is 5.45. The zero-order valence-corrected chi connectivity index (χ0v) is 13.4. The van der Waals surface area contributed by atoms with E-state index in [2.05, 4.69) is 15.5 Å². The Hall–Kier alpha value is -1.05. The molecule has 0 aliphatic carbocycles. The molecule has 0 fully saturated rings. The first-order valence-electron chi connectivity index (χ1n) is 5.97. The normalized spacial score (nSPS) is 12.3. The number of halogens is 1. The van der Waals surface area contributed by atoms with Crippen molar-refractivity contribution < 1.29 is 9.32 Å². The maximum atomic E-state index is 11.7. The lowest BCUT2D eigenvalue weighted by Gasteiger charge is -2.06. The van der Waals surface area contributed by atoms with Crippen molar-refractivity contribution in [2.45, 2.75) is 25.6 Å². The minimum Gasteiger partial charge on any atom is -0.350 e. The highest BCUT2D eigenvalue weighted by molar-refractivity contribution is 8.00. The molecule has 1 atom stereocenters. The van der Waals surface area contributed by atoms with Crippen LogP contribution in [0.5, 0.6) is 0 Å². The zero-order chi connectivity index (χ0) is 14.5. The van der Waals surface area contributed by atoms with Crippen molar-refractivity contribution in [1.82, 2.24) is 15.5 Å². The summed E-state index contributed by atoms with van der Waals surface area (Å²) < 4.78 is 5.79. The Morgan fingerprint density at radius 3 is 3.00 bits per heavy atom. The molecule has 2 aromatic rings. The van der Waals surface area contributed by atoms with Gasteiger partial charge in [0, 0.05) is 4.88 Å². The number of hydrogen-bond acceptors (Lipinski definition) is 6. The summed E-state index contributed by atoms with van der Waals surface area (Å²) in [6, 6.07) is 3.73. The SMILES string of the molecule is Cc1noc([C@@H](C)SCC(=O)NCc2ccc(Cl)s2)n1. The summed E-state index contributed by atoms with van der Waals surface area (Å²) in [7, 11) is 0. The fourth-order valence-corrected chi connectivity index (χ4v) is 3.20. The molecule has 1 amide bonds. The number of aromatic nitrogens is 2. The standard InChI is InChI=1S/C12H14ClN3O2S2/c1-7(12-15-8(2)16-18-12)19-6-11(17)14-5-9-3-4-10(13)20-9/h3-4,7H,5-6H2,1-2H3,(H,14,17)/t7-/m1/s1. The van der Waals surface area contributed by atoms with Crippen molar-refractivity contribution in [3.05, 3.63) is 33.1 Å². The molecule has 0 aliphatic heterocycles. The highest BCUT2D eigenvalue weighted by atomic mass is 35.5. The van der Waals surface area contributed by atoms with Gasteiger partial charge in [0.15, 0.2) is 5.82 Å². The van der Waals surface area contributed by atoms with Gasteiger partial charge in [0.25, 0.3) is 0 Å². The molecular weight excluding hydrogens is 318 g/mol. The summed E-state index contributed by atoms with van der Waals surface area (Å²) in [6.45, 7) is 4.21. The first-order chi connectivity index (χ1) is 9.54. The number of carbonyl (C=O) groups excluding carboxylic acids is 1. The first kappa shape index (κ1) is 15.3. The van der Waals surface area contributed by atoms with Gasteiger partial charge >= 0.3 is 0 Å². The molecule has 0 radical (unpaired) electrons. The smallest absolute Gasteiger partial charge is 0.239 e. The largest absolute Gasteiger partial charge is 0.350 e. The molecule has 0 saturated carbocycles. The summed E-state index contributed by atoms with van der Waals surface area (Å²) >= 11 is 8.75. The average Bonchev–Trinajstić information content (AvgIpc) is 3.02. The monoisotopic (exact) mass is 331 g/mol. The molecule has 2 rings (SSSR count). The van der Waals surface area contributed by atoms with E-state index in [-0.39, 0.29) is 11.2 Å². The van der Waals surface area contributed by atoms with E-state index in [0.29, 0.717) is 24.0 Å². The molecule has 0 saturated heterocycles. The van der Waals surface area contributed by atoms with Crippen LogP contribution in [0.1, 0.15) is 28.8 Å². The number of thiophene rings is 1. The Balaban J connectivity index is 1.72. The van der Waals surface area contributed by atoms with E-state index < -0.39 is 0 Å². The van der Waals surface area contributed by atoms with E-state index in [1.54, 1.807) is 6.92 Å². The van der Waals surface area contributed by atoms with Gasteiger partial charge in [0.1, 0.15) is 0 Å². The fraction of sp³-hybridized carbons (Fsp3) is 0.417. The number of nitrogens with zero attached hydrogens (tertiary/aromatic N) is 2. The Morgan fingerprint density at radius 2 is 2.40 bits per heavy atom. The van der Waals surface area contributed by atoms with Gasteiger partial charge in [-0.05, 0) is 26.0 Å². The van der Waals surface area contributed by atoms with E-state index in [0.717, 1.165) is 9.21 Å². The molecule has 2 aromatic heterocycles. The lowest BCUT2D eigenvalue weighted by molar-refractivity contribution is -0.118. The van der Waals surface area contributed by atoms with E-state index in [1.165, 1.54) is 23.1 Å². The van der Waals surface area contributed by atoms with Gasteiger partial charge in [-0.3, -0.25) is 4.79 Å². The number of hydrogen-bond donors (Lipinski definition) is 1. The van der Waals surface area contributed by atoms with Crippen molar-refractivity contribution in [2.75, 3.05) is 5.75 Å². The third-order valence-corrected chi connectivity index (χ3v) is 4.81. The minimum absolute atomic E-state index is 0.00173. The van der Waals surface area contributed by atoms with Crippen LogP contribution in [0.15, 0.2) is 16.7 Å². The highest BCUT2D eigenvalue weighted by Crippen LogP contribution is 2.26. The summed E-state index contributed by atoms with van der Waals surface area (Å²) in [5, 5.41) is 6.58. The summed E-state index contributed by atoms with van der Waals surface area (Å²) in [4.78, 5) is 16.9. The van der Waals surface area contributed by atoms with Crippen molar-refractivity contribution in [3.8, 4) is 0 Å². The third kappa shape index (κ3) is 4.50. The van der Waals surface area contributed by atoms with Crippen LogP contribution in [0, 0.1) is 6.92 Å². The second-order valence-electron chi connectivity index (χ2n) is 4.12. The summed E-state index contributed by atoms with van der Waals surface area (Å²) in [6.07, 6.45) is 0. The molecule has 5 nitrogen and oxygen atoms in total. The predicted octanol–water partition coefficient (Wildman–Crippen LogP) is 3.20. The van der Waals surface area contributed by atoms with Crippen molar-refractivity contribution in [1.29, 1.82) is 0 Å². The van der Waals surface area contributed by atoms with Crippen molar-refractivity contribution >= 4 is 40.6 Å². The second kappa shape index (κ2) is 7.10. The molecule has 108 valence electrons. The van der Waals surface area contributed by atoms with Gasteiger partial charge < -0.3 is 9.84 Å². The molecule has 8 heteroatoms. The van der Waals surface area contributed by atoms with Crippen LogP contribution in [-0.4, -0.2) is 21.8 Å². The van der Waals surface area contributed by atoms with Crippen LogP contribution in [0.25, 0.3) is 0 Å². The van der Waals surface area contributed by atoms with Crippen molar-refractivity contribution in [2.24, 2.45) is 0 Å². The van der Waals surface area contributed by atoms with Gasteiger partial charge in [-0.15, -0.1) is 23.1 Å². The molecule has 0 aromatic carbocycles. The van der Waals surface area contributed by atoms with Crippen molar-refractivity contribution in [3.63, 3.8) is 0 Å². The number of amides is 1. The predicted molar refractivity (Wildman–Crippen MR) is 81.1 cm³/mol. The molecule has 1 N–H and O–H groups in total. The molecule has 2 heterocycles. The topological polar surface area (TPSA) is 68.0 Å². The number of rotatable bonds is 6. The number of aryl methyl sites for hydroxylation is 1. The lowest BCUT2D eigenvalue weighted by Crippen LogP contribution is -2.24. The number of nitrogens with one attached hydrogen (secondary N) is 1. The van der Waals surface area contributed by atoms with E-state index in [9.17, 15) is 4.79 Å². The maximum Gasteiger partial charge on any atom is 0.239 e.